The first-order valence-electron chi connectivity index (χ1n) is 8.01. The lowest BCUT2D eigenvalue weighted by Crippen LogP contribution is -2.32. The fourth-order valence-corrected chi connectivity index (χ4v) is 2.01. The van der Waals surface area contributed by atoms with E-state index >= 15 is 0 Å². The van der Waals surface area contributed by atoms with Gasteiger partial charge in [-0.05, 0) is 25.0 Å². The van der Waals surface area contributed by atoms with E-state index in [-0.39, 0.29) is 6.04 Å². The Labute approximate surface area is 134 Å². The molecule has 0 aliphatic heterocycles. The maximum Gasteiger partial charge on any atom is 0.161 e. The van der Waals surface area contributed by atoms with Crippen molar-refractivity contribution in [3.8, 4) is 11.5 Å². The van der Waals surface area contributed by atoms with E-state index in [1.807, 2.05) is 30.3 Å². The van der Waals surface area contributed by atoms with Crippen LogP contribution < -0.4 is 14.8 Å². The normalized spacial score (nSPS) is 11.9. The maximum absolute atomic E-state index is 5.73. The zero-order valence-electron chi connectivity index (χ0n) is 13.8. The lowest BCUT2D eigenvalue weighted by Gasteiger charge is -2.16. The van der Waals surface area contributed by atoms with E-state index < -0.39 is 0 Å². The summed E-state index contributed by atoms with van der Waals surface area (Å²) < 4.78 is 16.6. The highest BCUT2D eigenvalue weighted by molar-refractivity contribution is 5.39. The molecule has 0 saturated carbocycles. The minimum absolute atomic E-state index is 0.253. The highest BCUT2D eigenvalue weighted by Crippen LogP contribution is 2.25. The predicted octanol–water partition coefficient (Wildman–Crippen LogP) is 3.43. The molecular formula is C18H29NO3. The van der Waals surface area contributed by atoms with E-state index in [4.69, 9.17) is 14.2 Å². The molecular weight excluding hydrogens is 278 g/mol. The lowest BCUT2D eigenvalue weighted by atomic mass is 10.2. The molecule has 124 valence electrons. The average Bonchev–Trinajstić information content (AvgIpc) is 2.56. The Balaban J connectivity index is 2.17. The van der Waals surface area contributed by atoms with Crippen LogP contribution in [-0.4, -0.2) is 39.5 Å². The van der Waals surface area contributed by atoms with Crippen LogP contribution in [0, 0.1) is 0 Å². The highest BCUT2D eigenvalue weighted by atomic mass is 16.5. The van der Waals surface area contributed by atoms with Crippen molar-refractivity contribution in [1.82, 2.24) is 5.32 Å². The largest absolute Gasteiger partial charge is 0.493 e. The van der Waals surface area contributed by atoms with Gasteiger partial charge in [-0.25, -0.2) is 0 Å². The monoisotopic (exact) mass is 307 g/mol. The zero-order valence-corrected chi connectivity index (χ0v) is 13.8. The van der Waals surface area contributed by atoms with Crippen molar-refractivity contribution in [2.45, 2.75) is 32.2 Å². The quantitative estimate of drug-likeness (QED) is 0.448. The molecule has 0 unspecified atom stereocenters. The Morgan fingerprint density at radius 1 is 1.18 bits per heavy atom. The first kappa shape index (κ1) is 18.5. The summed E-state index contributed by atoms with van der Waals surface area (Å²) in [5.41, 5.74) is 0. The molecule has 0 bridgehead atoms. The van der Waals surface area contributed by atoms with Crippen molar-refractivity contribution in [2.75, 3.05) is 33.5 Å². The van der Waals surface area contributed by atoms with Crippen molar-refractivity contribution in [1.29, 1.82) is 0 Å². The molecule has 1 rings (SSSR count). The summed E-state index contributed by atoms with van der Waals surface area (Å²) in [5.74, 6) is 1.52. The molecule has 0 fully saturated rings. The van der Waals surface area contributed by atoms with E-state index in [2.05, 4.69) is 18.8 Å². The summed E-state index contributed by atoms with van der Waals surface area (Å²) in [6.07, 6.45) is 5.15. The molecule has 22 heavy (non-hydrogen) atoms. The second-order valence-electron chi connectivity index (χ2n) is 5.05. The van der Waals surface area contributed by atoms with Gasteiger partial charge in [0.2, 0.25) is 0 Å². The van der Waals surface area contributed by atoms with Gasteiger partial charge in [-0.3, -0.25) is 0 Å². The summed E-state index contributed by atoms with van der Waals surface area (Å²) in [7, 11) is 1.65. The Hall–Kier alpha value is -1.52. The third kappa shape index (κ3) is 7.48. The van der Waals surface area contributed by atoms with Gasteiger partial charge in [0, 0.05) is 25.8 Å². The number of benzene rings is 1. The van der Waals surface area contributed by atoms with Gasteiger partial charge in [0.15, 0.2) is 11.5 Å². The van der Waals surface area contributed by atoms with E-state index in [0.717, 1.165) is 44.1 Å². The third-order valence-electron chi connectivity index (χ3n) is 3.34. The van der Waals surface area contributed by atoms with Gasteiger partial charge in [-0.15, -0.1) is 6.58 Å². The fourth-order valence-electron chi connectivity index (χ4n) is 2.01. The van der Waals surface area contributed by atoms with Gasteiger partial charge >= 0.3 is 0 Å². The van der Waals surface area contributed by atoms with Gasteiger partial charge in [-0.1, -0.05) is 31.6 Å². The van der Waals surface area contributed by atoms with Crippen LogP contribution in [0.2, 0.25) is 0 Å². The third-order valence-corrected chi connectivity index (χ3v) is 3.34. The molecule has 0 spiro atoms. The predicted molar refractivity (Wildman–Crippen MR) is 90.8 cm³/mol. The smallest absolute Gasteiger partial charge is 0.161 e. The Morgan fingerprint density at radius 3 is 2.64 bits per heavy atom. The van der Waals surface area contributed by atoms with Gasteiger partial charge in [-0.2, -0.15) is 0 Å². The molecule has 0 aliphatic rings. The van der Waals surface area contributed by atoms with Crippen molar-refractivity contribution in [2.24, 2.45) is 0 Å². The molecule has 1 aromatic rings. The first-order valence-corrected chi connectivity index (χ1v) is 8.01. The molecule has 0 saturated heterocycles. The molecule has 1 aromatic carbocycles. The van der Waals surface area contributed by atoms with Crippen LogP contribution in [0.5, 0.6) is 11.5 Å². The molecule has 0 aromatic heterocycles. The second kappa shape index (κ2) is 12.1. The molecule has 0 aliphatic carbocycles. The topological polar surface area (TPSA) is 39.7 Å². The van der Waals surface area contributed by atoms with Gasteiger partial charge in [0.1, 0.15) is 6.61 Å². The van der Waals surface area contributed by atoms with Crippen molar-refractivity contribution >= 4 is 0 Å². The number of rotatable bonds is 13. The van der Waals surface area contributed by atoms with Gasteiger partial charge in [0.05, 0.1) is 7.11 Å². The van der Waals surface area contributed by atoms with Crippen molar-refractivity contribution < 1.29 is 14.2 Å². The maximum atomic E-state index is 5.73. The minimum Gasteiger partial charge on any atom is -0.493 e. The summed E-state index contributed by atoms with van der Waals surface area (Å²) in [6, 6.07) is 7.92. The standard InChI is InChI=1S/C18H29NO3/c1-4-6-13-21-14-11-16(5-2)19-12-15-22-18-10-8-7-9-17(18)20-3/h5,7-10,16,19H,2,4,6,11-15H2,1,3H3/t16-/m0/s1. The number of hydrogen-bond acceptors (Lipinski definition) is 4. The van der Waals surface area contributed by atoms with Gasteiger partial charge in [0.25, 0.3) is 0 Å². The first-order chi connectivity index (χ1) is 10.8. The van der Waals surface area contributed by atoms with Crippen LogP contribution in [-0.2, 0) is 4.74 Å². The number of methoxy groups -OCH3 is 1. The Kier molecular flexibility index (Phi) is 10.2. The van der Waals surface area contributed by atoms with Gasteiger partial charge < -0.3 is 19.5 Å². The number of unbranched alkanes of at least 4 members (excludes halogenated alkanes) is 1. The molecule has 0 heterocycles. The highest BCUT2D eigenvalue weighted by Gasteiger charge is 2.05. The fraction of sp³-hybridized carbons (Fsp3) is 0.556. The van der Waals surface area contributed by atoms with E-state index in [1.165, 1.54) is 6.42 Å². The van der Waals surface area contributed by atoms with Crippen LogP contribution in [0.1, 0.15) is 26.2 Å². The number of hydrogen-bond donors (Lipinski definition) is 1. The molecule has 4 heteroatoms. The lowest BCUT2D eigenvalue weighted by molar-refractivity contribution is 0.124. The number of nitrogens with one attached hydrogen (secondary N) is 1. The SMILES string of the molecule is C=C[C@@H](CCOCCCC)NCCOc1ccccc1OC. The number of ether oxygens (including phenoxy) is 3. The molecule has 1 atom stereocenters. The van der Waals surface area contributed by atoms with Crippen molar-refractivity contribution in [3.05, 3.63) is 36.9 Å². The van der Waals surface area contributed by atoms with Crippen LogP contribution in [0.3, 0.4) is 0 Å². The van der Waals surface area contributed by atoms with Crippen LogP contribution >= 0.6 is 0 Å². The summed E-state index contributed by atoms with van der Waals surface area (Å²) in [6.45, 7) is 8.97. The molecule has 1 N–H and O–H groups in total. The van der Waals surface area contributed by atoms with Crippen LogP contribution in [0.15, 0.2) is 36.9 Å². The van der Waals surface area contributed by atoms with Crippen LogP contribution in [0.4, 0.5) is 0 Å². The summed E-state index contributed by atoms with van der Waals surface area (Å²) in [4.78, 5) is 0. The second-order valence-corrected chi connectivity index (χ2v) is 5.05. The molecule has 0 radical (unpaired) electrons. The van der Waals surface area contributed by atoms with E-state index in [9.17, 15) is 0 Å². The van der Waals surface area contributed by atoms with E-state index in [1.54, 1.807) is 7.11 Å². The van der Waals surface area contributed by atoms with E-state index in [0.29, 0.717) is 6.61 Å². The summed E-state index contributed by atoms with van der Waals surface area (Å²) >= 11 is 0. The number of para-hydroxylation sites is 2. The Morgan fingerprint density at radius 2 is 1.95 bits per heavy atom. The summed E-state index contributed by atoms with van der Waals surface area (Å²) in [5, 5.41) is 3.40. The zero-order chi connectivity index (χ0) is 16.0. The molecule has 4 nitrogen and oxygen atoms in total. The van der Waals surface area contributed by atoms with Crippen molar-refractivity contribution in [3.63, 3.8) is 0 Å². The molecule has 0 amide bonds. The minimum atomic E-state index is 0.253. The average molecular weight is 307 g/mol. The van der Waals surface area contributed by atoms with Crippen LogP contribution in [0.25, 0.3) is 0 Å². The Bertz CT molecular complexity index is 409.